The van der Waals surface area contributed by atoms with Crippen molar-refractivity contribution < 1.29 is 4.74 Å². The third-order valence-corrected chi connectivity index (χ3v) is 3.59. The molecule has 0 atom stereocenters. The van der Waals surface area contributed by atoms with E-state index >= 15 is 0 Å². The van der Waals surface area contributed by atoms with E-state index in [1.54, 1.807) is 11.8 Å². The number of rotatable bonds is 4. The molecular formula is C15H16N4O. The van der Waals surface area contributed by atoms with Crippen molar-refractivity contribution in [2.45, 2.75) is 25.3 Å². The van der Waals surface area contributed by atoms with Gasteiger partial charge in [-0.2, -0.15) is 10.4 Å². The Labute approximate surface area is 117 Å². The zero-order valence-electron chi connectivity index (χ0n) is 11.3. The first-order valence-electron chi connectivity index (χ1n) is 6.62. The topological polar surface area (TPSA) is 76.9 Å². The van der Waals surface area contributed by atoms with Crippen LogP contribution in [0.15, 0.2) is 24.3 Å². The predicted molar refractivity (Wildman–Crippen MR) is 75.4 cm³/mol. The van der Waals surface area contributed by atoms with Crippen LogP contribution in [-0.4, -0.2) is 16.9 Å². The monoisotopic (exact) mass is 268 g/mol. The Bertz CT molecular complexity index is 662. The van der Waals surface area contributed by atoms with Crippen molar-refractivity contribution in [1.29, 1.82) is 5.26 Å². The van der Waals surface area contributed by atoms with Crippen LogP contribution >= 0.6 is 0 Å². The molecule has 5 nitrogen and oxygen atoms in total. The average Bonchev–Trinajstić information content (AvgIpc) is 3.26. The number of hydrogen-bond acceptors (Lipinski definition) is 4. The lowest BCUT2D eigenvalue weighted by Gasteiger charge is -2.05. The number of ether oxygens (including phenoxy) is 1. The molecule has 1 saturated carbocycles. The van der Waals surface area contributed by atoms with Crippen LogP contribution in [0.5, 0.6) is 5.75 Å². The Hall–Kier alpha value is -2.48. The van der Waals surface area contributed by atoms with Gasteiger partial charge in [0.15, 0.2) is 0 Å². The molecule has 102 valence electrons. The number of benzene rings is 1. The highest BCUT2D eigenvalue weighted by Crippen LogP contribution is 2.42. The van der Waals surface area contributed by atoms with E-state index in [-0.39, 0.29) is 0 Å². The fourth-order valence-electron chi connectivity index (χ4n) is 2.28. The minimum absolute atomic E-state index is 0.420. The summed E-state index contributed by atoms with van der Waals surface area (Å²) in [4.78, 5) is 0. The van der Waals surface area contributed by atoms with Gasteiger partial charge in [0, 0.05) is 5.92 Å². The van der Waals surface area contributed by atoms with E-state index < -0.39 is 0 Å². The molecule has 0 bridgehead atoms. The molecule has 1 fully saturated rings. The van der Waals surface area contributed by atoms with Gasteiger partial charge in [0.1, 0.15) is 23.2 Å². The van der Waals surface area contributed by atoms with Crippen LogP contribution in [0.4, 0.5) is 5.82 Å². The third kappa shape index (κ3) is 2.21. The summed E-state index contributed by atoms with van der Waals surface area (Å²) in [6.45, 7) is 0.567. The fourth-order valence-corrected chi connectivity index (χ4v) is 2.28. The number of methoxy groups -OCH3 is 1. The summed E-state index contributed by atoms with van der Waals surface area (Å²) in [6, 6.07) is 9.94. The van der Waals surface area contributed by atoms with Crippen LogP contribution in [0.3, 0.4) is 0 Å². The van der Waals surface area contributed by atoms with Gasteiger partial charge in [-0.25, -0.2) is 4.68 Å². The van der Waals surface area contributed by atoms with E-state index in [0.29, 0.717) is 23.8 Å². The first-order valence-corrected chi connectivity index (χ1v) is 6.62. The van der Waals surface area contributed by atoms with Crippen molar-refractivity contribution in [2.24, 2.45) is 0 Å². The molecule has 0 aliphatic heterocycles. The van der Waals surface area contributed by atoms with E-state index in [4.69, 9.17) is 10.5 Å². The van der Waals surface area contributed by atoms with Crippen LogP contribution < -0.4 is 10.5 Å². The third-order valence-electron chi connectivity index (χ3n) is 3.59. The SMILES string of the molecule is COc1ccc(Cn2nc(C3CC3)c(C#N)c2N)cc1. The molecule has 1 aliphatic carbocycles. The minimum atomic E-state index is 0.420. The first-order chi connectivity index (χ1) is 9.72. The Morgan fingerprint density at radius 3 is 2.65 bits per heavy atom. The number of nitrogens with zero attached hydrogens (tertiary/aromatic N) is 3. The van der Waals surface area contributed by atoms with E-state index in [9.17, 15) is 5.26 Å². The van der Waals surface area contributed by atoms with Crippen LogP contribution in [0, 0.1) is 11.3 Å². The maximum Gasteiger partial charge on any atom is 0.140 e. The van der Waals surface area contributed by atoms with Gasteiger partial charge >= 0.3 is 0 Å². The molecule has 0 radical (unpaired) electrons. The first kappa shape index (κ1) is 12.5. The summed E-state index contributed by atoms with van der Waals surface area (Å²) in [5.41, 5.74) is 8.52. The van der Waals surface area contributed by atoms with Gasteiger partial charge in [-0.05, 0) is 30.5 Å². The summed E-state index contributed by atoms with van der Waals surface area (Å²) in [5, 5.41) is 13.7. The lowest BCUT2D eigenvalue weighted by Crippen LogP contribution is -2.06. The molecule has 0 amide bonds. The molecule has 2 aromatic rings. The van der Waals surface area contributed by atoms with Gasteiger partial charge in [-0.1, -0.05) is 12.1 Å². The van der Waals surface area contributed by atoms with Crippen LogP contribution in [0.1, 0.15) is 35.6 Å². The number of nitrogens with two attached hydrogens (primary N) is 1. The van der Waals surface area contributed by atoms with E-state index in [2.05, 4.69) is 11.2 Å². The maximum atomic E-state index is 9.22. The largest absolute Gasteiger partial charge is 0.497 e. The van der Waals surface area contributed by atoms with Gasteiger partial charge in [-0.15, -0.1) is 0 Å². The van der Waals surface area contributed by atoms with Crippen LogP contribution in [0.2, 0.25) is 0 Å². The Morgan fingerprint density at radius 2 is 2.10 bits per heavy atom. The second kappa shape index (κ2) is 4.89. The Balaban J connectivity index is 1.88. The lowest BCUT2D eigenvalue weighted by atomic mass is 10.2. The summed E-state index contributed by atoms with van der Waals surface area (Å²) in [7, 11) is 1.64. The molecule has 3 rings (SSSR count). The highest BCUT2D eigenvalue weighted by molar-refractivity contribution is 5.54. The van der Waals surface area contributed by atoms with Crippen molar-refractivity contribution >= 4 is 5.82 Å². The normalized spacial score (nSPS) is 14.0. The minimum Gasteiger partial charge on any atom is -0.497 e. The standard InChI is InChI=1S/C15H16N4O/c1-20-12-6-2-10(3-7-12)9-19-15(17)13(8-16)14(18-19)11-4-5-11/h2-3,6-7,11H,4-5,9,17H2,1H3. The molecule has 2 N–H and O–H groups in total. The average molecular weight is 268 g/mol. The van der Waals surface area contributed by atoms with Crippen LogP contribution in [-0.2, 0) is 6.54 Å². The second-order valence-electron chi connectivity index (χ2n) is 5.04. The van der Waals surface area contributed by atoms with Crippen LogP contribution in [0.25, 0.3) is 0 Å². The second-order valence-corrected chi connectivity index (χ2v) is 5.04. The Kier molecular flexibility index (Phi) is 3.07. The molecule has 1 aromatic carbocycles. The highest BCUT2D eigenvalue weighted by atomic mass is 16.5. The van der Waals surface area contributed by atoms with E-state index in [0.717, 1.165) is 29.8 Å². The zero-order valence-corrected chi connectivity index (χ0v) is 11.3. The van der Waals surface area contributed by atoms with Crippen molar-refractivity contribution in [3.8, 4) is 11.8 Å². The summed E-state index contributed by atoms with van der Waals surface area (Å²) in [6.07, 6.45) is 2.21. The molecule has 20 heavy (non-hydrogen) atoms. The fraction of sp³-hybridized carbons (Fsp3) is 0.333. The van der Waals surface area contributed by atoms with E-state index in [1.807, 2.05) is 24.3 Å². The molecule has 1 heterocycles. The van der Waals surface area contributed by atoms with Gasteiger partial charge in [0.05, 0.1) is 19.3 Å². The maximum absolute atomic E-state index is 9.22. The van der Waals surface area contributed by atoms with Crippen molar-refractivity contribution in [2.75, 3.05) is 12.8 Å². The van der Waals surface area contributed by atoms with E-state index in [1.165, 1.54) is 0 Å². The number of nitriles is 1. The molecule has 0 unspecified atom stereocenters. The van der Waals surface area contributed by atoms with Gasteiger partial charge in [0.25, 0.3) is 0 Å². The number of anilines is 1. The smallest absolute Gasteiger partial charge is 0.140 e. The molecule has 1 aromatic heterocycles. The van der Waals surface area contributed by atoms with Gasteiger partial charge < -0.3 is 10.5 Å². The Morgan fingerprint density at radius 1 is 1.40 bits per heavy atom. The summed E-state index contributed by atoms with van der Waals surface area (Å²) >= 11 is 0. The molecular weight excluding hydrogens is 252 g/mol. The van der Waals surface area contributed by atoms with Gasteiger partial charge in [0.2, 0.25) is 0 Å². The number of hydrogen-bond donors (Lipinski definition) is 1. The van der Waals surface area contributed by atoms with Crippen molar-refractivity contribution in [1.82, 2.24) is 9.78 Å². The van der Waals surface area contributed by atoms with Gasteiger partial charge in [-0.3, -0.25) is 0 Å². The summed E-state index contributed by atoms with van der Waals surface area (Å²) in [5.74, 6) is 1.70. The van der Waals surface area contributed by atoms with Crippen molar-refractivity contribution in [3.63, 3.8) is 0 Å². The quantitative estimate of drug-likeness (QED) is 0.922. The molecule has 0 spiro atoms. The predicted octanol–water partition coefficient (Wildman–Crippen LogP) is 2.27. The van der Waals surface area contributed by atoms with Crippen molar-refractivity contribution in [3.05, 3.63) is 41.1 Å². The molecule has 1 aliphatic rings. The molecule has 5 heteroatoms. The zero-order chi connectivity index (χ0) is 14.1. The lowest BCUT2D eigenvalue weighted by molar-refractivity contribution is 0.414. The highest BCUT2D eigenvalue weighted by Gasteiger charge is 2.31. The molecule has 0 saturated heterocycles. The summed E-state index contributed by atoms with van der Waals surface area (Å²) < 4.78 is 6.85. The number of nitrogen functional groups attached to an aromatic ring is 1. The number of aromatic nitrogens is 2.